The number of amides is 1. The molecule has 2 aromatic heterocycles. The molecule has 1 aromatic carbocycles. The maximum Gasteiger partial charge on any atom is 0.233 e. The molecule has 2 saturated heterocycles. The summed E-state index contributed by atoms with van der Waals surface area (Å²) in [6.07, 6.45) is 8.25. The van der Waals surface area contributed by atoms with Crippen LogP contribution < -0.4 is 0 Å². The normalized spacial score (nSPS) is 21.2. The van der Waals surface area contributed by atoms with Gasteiger partial charge in [-0.05, 0) is 50.3 Å². The quantitative estimate of drug-likeness (QED) is 0.612. The van der Waals surface area contributed by atoms with Crippen LogP contribution in [0.2, 0.25) is 0 Å². The molecule has 5 rings (SSSR count). The largest absolute Gasteiger partial charge is 0.381 e. The SMILES string of the molecule is Cc1cc(C)cc(C2(C(=O)N3CCOCC(Cc4ccc5nccn5c4)C3)CCOCC2)c1. The number of carbonyl (C=O) groups excluding carboxylic acids is 1. The number of fused-ring (bicyclic) bond motifs is 1. The maximum atomic E-state index is 14.2. The number of benzene rings is 1. The molecular weight excluding hydrogens is 414 g/mol. The van der Waals surface area contributed by atoms with Gasteiger partial charge in [-0.15, -0.1) is 0 Å². The molecule has 2 aliphatic heterocycles. The van der Waals surface area contributed by atoms with Crippen LogP contribution in [0.3, 0.4) is 0 Å². The summed E-state index contributed by atoms with van der Waals surface area (Å²) >= 11 is 0. The number of pyridine rings is 1. The molecule has 6 heteroatoms. The van der Waals surface area contributed by atoms with Crippen molar-refractivity contribution < 1.29 is 14.3 Å². The fraction of sp³-hybridized carbons (Fsp3) is 0.481. The van der Waals surface area contributed by atoms with Gasteiger partial charge >= 0.3 is 0 Å². The Bertz CT molecular complexity index is 1110. The highest BCUT2D eigenvalue weighted by atomic mass is 16.5. The Hall–Kier alpha value is -2.70. The van der Waals surface area contributed by atoms with E-state index in [1.165, 1.54) is 16.7 Å². The molecule has 1 amide bonds. The van der Waals surface area contributed by atoms with Gasteiger partial charge in [0, 0.05) is 50.8 Å². The van der Waals surface area contributed by atoms with Crippen molar-refractivity contribution in [1.82, 2.24) is 14.3 Å². The first-order chi connectivity index (χ1) is 16.0. The third kappa shape index (κ3) is 4.55. The molecule has 174 valence electrons. The summed E-state index contributed by atoms with van der Waals surface area (Å²) < 4.78 is 13.7. The zero-order chi connectivity index (χ0) is 22.8. The van der Waals surface area contributed by atoms with Gasteiger partial charge in [0.05, 0.1) is 18.6 Å². The first kappa shape index (κ1) is 22.1. The molecule has 6 nitrogen and oxygen atoms in total. The Morgan fingerprint density at radius 2 is 1.88 bits per heavy atom. The molecule has 0 bridgehead atoms. The number of hydrogen-bond acceptors (Lipinski definition) is 4. The molecule has 33 heavy (non-hydrogen) atoms. The smallest absolute Gasteiger partial charge is 0.233 e. The van der Waals surface area contributed by atoms with Crippen LogP contribution in [-0.2, 0) is 26.1 Å². The lowest BCUT2D eigenvalue weighted by molar-refractivity contribution is -0.141. The van der Waals surface area contributed by atoms with E-state index in [4.69, 9.17) is 9.47 Å². The van der Waals surface area contributed by atoms with Crippen LogP contribution >= 0.6 is 0 Å². The van der Waals surface area contributed by atoms with E-state index in [1.807, 2.05) is 22.9 Å². The van der Waals surface area contributed by atoms with E-state index < -0.39 is 5.41 Å². The Balaban J connectivity index is 1.40. The van der Waals surface area contributed by atoms with Gasteiger partial charge in [-0.25, -0.2) is 4.98 Å². The van der Waals surface area contributed by atoms with Crippen molar-refractivity contribution in [3.63, 3.8) is 0 Å². The van der Waals surface area contributed by atoms with Gasteiger partial charge in [-0.3, -0.25) is 4.79 Å². The molecule has 0 spiro atoms. The zero-order valence-electron chi connectivity index (χ0n) is 19.6. The summed E-state index contributed by atoms with van der Waals surface area (Å²) in [5.41, 5.74) is 5.22. The minimum absolute atomic E-state index is 0.233. The van der Waals surface area contributed by atoms with Crippen molar-refractivity contribution in [3.05, 3.63) is 71.2 Å². The number of imidazole rings is 1. The molecule has 1 unspecified atom stereocenters. The van der Waals surface area contributed by atoms with Gasteiger partial charge in [-0.1, -0.05) is 35.4 Å². The van der Waals surface area contributed by atoms with E-state index in [2.05, 4.69) is 54.2 Å². The Morgan fingerprint density at radius 3 is 2.67 bits per heavy atom. The average molecular weight is 448 g/mol. The van der Waals surface area contributed by atoms with E-state index in [9.17, 15) is 4.79 Å². The summed E-state index contributed by atoms with van der Waals surface area (Å²) in [5, 5.41) is 0. The highest BCUT2D eigenvalue weighted by Gasteiger charge is 2.44. The van der Waals surface area contributed by atoms with Gasteiger partial charge in [0.25, 0.3) is 0 Å². The van der Waals surface area contributed by atoms with Crippen LogP contribution in [0.1, 0.15) is 35.1 Å². The van der Waals surface area contributed by atoms with Gasteiger partial charge in [0.1, 0.15) is 5.65 Å². The lowest BCUT2D eigenvalue weighted by atomic mass is 9.72. The number of hydrogen-bond donors (Lipinski definition) is 0. The molecule has 2 aliphatic rings. The molecule has 3 aromatic rings. The molecule has 0 radical (unpaired) electrons. The molecule has 0 saturated carbocycles. The number of aryl methyl sites for hydroxylation is 2. The third-order valence-electron chi connectivity index (χ3n) is 7.13. The zero-order valence-corrected chi connectivity index (χ0v) is 19.6. The van der Waals surface area contributed by atoms with E-state index in [0.29, 0.717) is 39.5 Å². The van der Waals surface area contributed by atoms with Crippen LogP contribution in [0.15, 0.2) is 48.9 Å². The fourth-order valence-corrected chi connectivity index (χ4v) is 5.51. The van der Waals surface area contributed by atoms with Crippen LogP contribution in [0.4, 0.5) is 0 Å². The number of nitrogens with zero attached hydrogens (tertiary/aromatic N) is 3. The molecule has 0 aliphatic carbocycles. The van der Waals surface area contributed by atoms with E-state index in [0.717, 1.165) is 30.5 Å². The number of rotatable bonds is 4. The summed E-state index contributed by atoms with van der Waals surface area (Å²) in [7, 11) is 0. The summed E-state index contributed by atoms with van der Waals surface area (Å²) in [5.74, 6) is 0.491. The van der Waals surface area contributed by atoms with Crippen LogP contribution in [0.5, 0.6) is 0 Å². The summed E-state index contributed by atoms with van der Waals surface area (Å²) in [6, 6.07) is 10.8. The standard InChI is InChI=1S/C27H33N3O3/c1-20-13-21(2)15-24(14-20)27(5-10-32-11-6-27)26(31)30-9-12-33-19-23(18-30)16-22-3-4-25-28-7-8-29(25)17-22/h3-4,7-8,13-15,17,23H,5-6,9-12,16,18-19H2,1-2H3. The van der Waals surface area contributed by atoms with Crippen molar-refractivity contribution in [2.45, 2.75) is 38.5 Å². The molecular formula is C27H33N3O3. The highest BCUT2D eigenvalue weighted by molar-refractivity contribution is 5.88. The van der Waals surface area contributed by atoms with Crippen molar-refractivity contribution in [3.8, 4) is 0 Å². The van der Waals surface area contributed by atoms with Crippen LogP contribution in [0.25, 0.3) is 5.65 Å². The van der Waals surface area contributed by atoms with E-state index in [-0.39, 0.29) is 11.8 Å². The topological polar surface area (TPSA) is 56.1 Å². The minimum atomic E-state index is -0.514. The second-order valence-electron chi connectivity index (χ2n) is 9.70. The van der Waals surface area contributed by atoms with Crippen molar-refractivity contribution in [1.29, 1.82) is 0 Å². The van der Waals surface area contributed by atoms with Crippen LogP contribution in [-0.4, -0.2) is 59.7 Å². The van der Waals surface area contributed by atoms with Crippen molar-refractivity contribution >= 4 is 11.6 Å². The second kappa shape index (κ2) is 9.27. The molecule has 2 fully saturated rings. The summed E-state index contributed by atoms with van der Waals surface area (Å²) in [6.45, 7) is 8.09. The lowest BCUT2D eigenvalue weighted by Gasteiger charge is -2.40. The van der Waals surface area contributed by atoms with Gasteiger partial charge in [0.2, 0.25) is 5.91 Å². The Morgan fingerprint density at radius 1 is 1.09 bits per heavy atom. The average Bonchev–Trinajstić information content (AvgIpc) is 3.16. The monoisotopic (exact) mass is 447 g/mol. The Kier molecular flexibility index (Phi) is 6.21. The van der Waals surface area contributed by atoms with Crippen LogP contribution in [0, 0.1) is 19.8 Å². The first-order valence-corrected chi connectivity index (χ1v) is 12.0. The highest BCUT2D eigenvalue weighted by Crippen LogP contribution is 2.38. The fourth-order valence-electron chi connectivity index (χ4n) is 5.51. The number of carbonyl (C=O) groups is 1. The Labute approximate surface area is 195 Å². The van der Waals surface area contributed by atoms with Gasteiger partial charge in [-0.2, -0.15) is 0 Å². The number of ether oxygens (including phenoxy) is 2. The molecule has 0 N–H and O–H groups in total. The van der Waals surface area contributed by atoms with E-state index >= 15 is 0 Å². The predicted octanol–water partition coefficient (Wildman–Crippen LogP) is 3.72. The predicted molar refractivity (Wildman–Crippen MR) is 127 cm³/mol. The second-order valence-corrected chi connectivity index (χ2v) is 9.70. The van der Waals surface area contributed by atoms with Crippen molar-refractivity contribution in [2.24, 2.45) is 5.92 Å². The van der Waals surface area contributed by atoms with E-state index in [1.54, 1.807) is 0 Å². The van der Waals surface area contributed by atoms with Crippen molar-refractivity contribution in [2.75, 3.05) is 39.5 Å². The molecule has 1 atom stereocenters. The number of aromatic nitrogens is 2. The lowest BCUT2D eigenvalue weighted by Crippen LogP contribution is -2.51. The maximum absolute atomic E-state index is 14.2. The van der Waals surface area contributed by atoms with Gasteiger partial charge < -0.3 is 18.8 Å². The van der Waals surface area contributed by atoms with Gasteiger partial charge in [0.15, 0.2) is 0 Å². The third-order valence-corrected chi connectivity index (χ3v) is 7.13. The minimum Gasteiger partial charge on any atom is -0.381 e. The first-order valence-electron chi connectivity index (χ1n) is 12.0. The molecule has 4 heterocycles. The summed E-state index contributed by atoms with van der Waals surface area (Å²) in [4.78, 5) is 20.6.